The number of likely N-dealkylation sites (tertiary alicyclic amines) is 1. The maximum Gasteiger partial charge on any atom is 0.240 e. The summed E-state index contributed by atoms with van der Waals surface area (Å²) in [7, 11) is 1.88. The highest BCUT2D eigenvalue weighted by Gasteiger charge is 2.37. The number of nitrogens with one attached hydrogen (secondary N) is 1. The molecule has 1 amide bonds. The Morgan fingerprint density at radius 2 is 2.35 bits per heavy atom. The first-order valence-electron chi connectivity index (χ1n) is 6.35. The lowest BCUT2D eigenvalue weighted by molar-refractivity contribution is -0.131. The molecular formula is C13H18N2OS. The van der Waals surface area contributed by atoms with E-state index in [1.54, 1.807) is 0 Å². The van der Waals surface area contributed by atoms with Gasteiger partial charge in [-0.25, -0.2) is 0 Å². The monoisotopic (exact) mass is 250 g/mol. The number of aryl methyl sites for hydroxylation is 1. The molecule has 0 aromatic carbocycles. The van der Waals surface area contributed by atoms with Gasteiger partial charge < -0.3 is 10.2 Å². The zero-order chi connectivity index (χ0) is 11.8. The Labute approximate surface area is 106 Å². The quantitative estimate of drug-likeness (QED) is 0.870. The van der Waals surface area contributed by atoms with E-state index in [9.17, 15) is 4.79 Å². The van der Waals surface area contributed by atoms with Gasteiger partial charge in [0.15, 0.2) is 0 Å². The summed E-state index contributed by atoms with van der Waals surface area (Å²) < 4.78 is 0. The van der Waals surface area contributed by atoms with Gasteiger partial charge in [-0.2, -0.15) is 0 Å². The number of nitrogens with zero attached hydrogens (tertiary/aromatic N) is 1. The van der Waals surface area contributed by atoms with E-state index in [0.29, 0.717) is 6.04 Å². The first-order chi connectivity index (χ1) is 8.31. The molecule has 2 heterocycles. The number of hydrogen-bond acceptors (Lipinski definition) is 3. The van der Waals surface area contributed by atoms with Crippen molar-refractivity contribution in [2.45, 2.75) is 37.8 Å². The van der Waals surface area contributed by atoms with Crippen LogP contribution in [-0.2, 0) is 11.2 Å². The van der Waals surface area contributed by atoms with Gasteiger partial charge in [0.25, 0.3) is 0 Å². The van der Waals surface area contributed by atoms with Crippen molar-refractivity contribution >= 4 is 17.2 Å². The zero-order valence-corrected chi connectivity index (χ0v) is 10.9. The van der Waals surface area contributed by atoms with Gasteiger partial charge in [-0.3, -0.25) is 4.79 Å². The summed E-state index contributed by atoms with van der Waals surface area (Å²) in [4.78, 5) is 15.8. The number of carbonyl (C=O) groups excluding carboxylic acids is 1. The van der Waals surface area contributed by atoms with Crippen LogP contribution in [0.3, 0.4) is 0 Å². The minimum atomic E-state index is 0.0408. The van der Waals surface area contributed by atoms with Crippen LogP contribution in [0, 0.1) is 0 Å². The largest absolute Gasteiger partial charge is 0.334 e. The zero-order valence-electron chi connectivity index (χ0n) is 10.1. The Balaban J connectivity index is 1.85. The van der Waals surface area contributed by atoms with Gasteiger partial charge in [0.2, 0.25) is 5.91 Å². The number of hydrogen-bond donors (Lipinski definition) is 1. The lowest BCUT2D eigenvalue weighted by Crippen LogP contribution is -2.38. The van der Waals surface area contributed by atoms with Gasteiger partial charge in [-0.15, -0.1) is 11.3 Å². The van der Waals surface area contributed by atoms with Crippen LogP contribution in [0.1, 0.15) is 35.7 Å². The van der Waals surface area contributed by atoms with E-state index in [1.807, 2.05) is 18.4 Å². The average Bonchev–Trinajstić information content (AvgIpc) is 2.94. The van der Waals surface area contributed by atoms with Crippen LogP contribution < -0.4 is 5.32 Å². The summed E-state index contributed by atoms with van der Waals surface area (Å²) in [5.74, 6) is 0.288. The van der Waals surface area contributed by atoms with E-state index < -0.39 is 0 Å². The average molecular weight is 250 g/mol. The van der Waals surface area contributed by atoms with Crippen LogP contribution in [0.25, 0.3) is 0 Å². The van der Waals surface area contributed by atoms with Crippen molar-refractivity contribution < 1.29 is 4.79 Å². The van der Waals surface area contributed by atoms with Crippen LogP contribution in [0.4, 0.5) is 0 Å². The first kappa shape index (κ1) is 11.2. The molecule has 0 saturated carbocycles. The van der Waals surface area contributed by atoms with E-state index in [4.69, 9.17) is 0 Å². The fraction of sp³-hybridized carbons (Fsp3) is 0.615. The number of likely N-dealkylation sites (N-methyl/N-ethyl adjacent to an activating group) is 1. The van der Waals surface area contributed by atoms with E-state index in [-0.39, 0.29) is 11.9 Å². The minimum absolute atomic E-state index is 0.0408. The maximum atomic E-state index is 12.2. The molecule has 1 aromatic rings. The highest BCUT2D eigenvalue weighted by atomic mass is 32.1. The number of thiophene rings is 1. The number of carbonyl (C=O) groups is 1. The van der Waals surface area contributed by atoms with Gasteiger partial charge in [0.1, 0.15) is 0 Å². The molecule has 1 aliphatic carbocycles. The summed E-state index contributed by atoms with van der Waals surface area (Å²) >= 11 is 1.84. The lowest BCUT2D eigenvalue weighted by Gasteiger charge is -2.31. The molecule has 1 aliphatic heterocycles. The van der Waals surface area contributed by atoms with Crippen molar-refractivity contribution in [1.82, 2.24) is 10.2 Å². The second-order valence-electron chi connectivity index (χ2n) is 4.87. The smallest absolute Gasteiger partial charge is 0.240 e. The summed E-state index contributed by atoms with van der Waals surface area (Å²) in [6.07, 6.45) is 4.49. The first-order valence-corrected chi connectivity index (χ1v) is 7.23. The molecule has 2 aliphatic rings. The van der Waals surface area contributed by atoms with Gasteiger partial charge in [-0.1, -0.05) is 0 Å². The second kappa shape index (κ2) is 4.42. The van der Waals surface area contributed by atoms with Crippen LogP contribution in [0.5, 0.6) is 0 Å². The molecule has 1 aromatic heterocycles. The molecule has 1 saturated heterocycles. The minimum Gasteiger partial charge on any atom is -0.334 e. The van der Waals surface area contributed by atoms with Gasteiger partial charge in [-0.05, 0) is 49.7 Å². The summed E-state index contributed by atoms with van der Waals surface area (Å²) in [5, 5.41) is 5.28. The summed E-state index contributed by atoms with van der Waals surface area (Å²) in [5.41, 5.74) is 1.41. The normalized spacial score (nSPS) is 28.5. The maximum absolute atomic E-state index is 12.2. The van der Waals surface area contributed by atoms with Crippen molar-refractivity contribution in [3.05, 3.63) is 21.9 Å². The molecule has 1 N–H and O–H groups in total. The summed E-state index contributed by atoms with van der Waals surface area (Å²) in [6.45, 7) is 0.907. The molecule has 0 spiro atoms. The Morgan fingerprint density at radius 1 is 1.47 bits per heavy atom. The fourth-order valence-electron chi connectivity index (χ4n) is 3.07. The summed E-state index contributed by atoms with van der Waals surface area (Å²) in [6, 6.07) is 2.60. The Hall–Kier alpha value is -0.870. The standard InChI is InChI=1S/C13H18N2OS/c1-14-10-5-7-15(13(10)16)11-3-2-4-12-9(11)6-8-17-12/h6,8,10-11,14H,2-5,7H2,1H3. The molecule has 2 unspecified atom stereocenters. The predicted molar refractivity (Wildman–Crippen MR) is 69.2 cm³/mol. The molecule has 3 nitrogen and oxygen atoms in total. The van der Waals surface area contributed by atoms with Crippen molar-refractivity contribution in [3.8, 4) is 0 Å². The van der Waals surface area contributed by atoms with Crippen molar-refractivity contribution in [2.24, 2.45) is 0 Å². The molecule has 0 radical (unpaired) electrons. The highest BCUT2D eigenvalue weighted by molar-refractivity contribution is 7.10. The highest BCUT2D eigenvalue weighted by Crippen LogP contribution is 2.38. The molecule has 1 fully saturated rings. The number of rotatable bonds is 2. The Morgan fingerprint density at radius 3 is 3.12 bits per heavy atom. The Bertz CT molecular complexity index is 429. The van der Waals surface area contributed by atoms with Crippen LogP contribution in [-0.4, -0.2) is 30.4 Å². The third-order valence-electron chi connectivity index (χ3n) is 3.98. The third-order valence-corrected chi connectivity index (χ3v) is 4.98. The van der Waals surface area contributed by atoms with Gasteiger partial charge >= 0.3 is 0 Å². The molecule has 4 heteroatoms. The topological polar surface area (TPSA) is 32.3 Å². The SMILES string of the molecule is CNC1CCN(C2CCCc3sccc32)C1=O. The van der Waals surface area contributed by atoms with E-state index in [0.717, 1.165) is 19.4 Å². The fourth-order valence-corrected chi connectivity index (χ4v) is 4.05. The van der Waals surface area contributed by atoms with Gasteiger partial charge in [0.05, 0.1) is 12.1 Å². The van der Waals surface area contributed by atoms with E-state index in [1.165, 1.54) is 23.3 Å². The second-order valence-corrected chi connectivity index (χ2v) is 5.87. The van der Waals surface area contributed by atoms with Gasteiger partial charge in [0, 0.05) is 11.4 Å². The molecule has 2 atom stereocenters. The number of amides is 1. The van der Waals surface area contributed by atoms with E-state index >= 15 is 0 Å². The van der Waals surface area contributed by atoms with E-state index in [2.05, 4.69) is 21.7 Å². The molecule has 92 valence electrons. The van der Waals surface area contributed by atoms with Crippen LogP contribution in [0.15, 0.2) is 11.4 Å². The third kappa shape index (κ3) is 1.79. The molecule has 3 rings (SSSR count). The molecule has 0 bridgehead atoms. The predicted octanol–water partition coefficient (Wildman–Crippen LogP) is 1.95. The number of fused-ring (bicyclic) bond motifs is 1. The van der Waals surface area contributed by atoms with Crippen LogP contribution in [0.2, 0.25) is 0 Å². The van der Waals surface area contributed by atoms with Crippen molar-refractivity contribution in [3.63, 3.8) is 0 Å². The molecule has 17 heavy (non-hydrogen) atoms. The lowest BCUT2D eigenvalue weighted by atomic mass is 9.93. The Kier molecular flexibility index (Phi) is 2.92. The molecular weight excluding hydrogens is 232 g/mol. The van der Waals surface area contributed by atoms with Crippen LogP contribution >= 0.6 is 11.3 Å². The van der Waals surface area contributed by atoms with Crippen molar-refractivity contribution in [1.29, 1.82) is 0 Å². The van der Waals surface area contributed by atoms with Crippen molar-refractivity contribution in [2.75, 3.05) is 13.6 Å².